The maximum atomic E-state index is 12.2. The van der Waals surface area contributed by atoms with Gasteiger partial charge in [0.1, 0.15) is 23.0 Å². The van der Waals surface area contributed by atoms with Crippen LogP contribution in [0.4, 0.5) is 10.5 Å². The molecule has 0 aliphatic heterocycles. The second-order valence-electron chi connectivity index (χ2n) is 6.24. The van der Waals surface area contributed by atoms with Gasteiger partial charge in [0.2, 0.25) is 5.89 Å². The van der Waals surface area contributed by atoms with Crippen molar-refractivity contribution in [3.63, 3.8) is 0 Å². The first-order chi connectivity index (χ1) is 14.1. The van der Waals surface area contributed by atoms with Crippen molar-refractivity contribution in [2.45, 2.75) is 27.3 Å². The van der Waals surface area contributed by atoms with Crippen LogP contribution in [-0.2, 0) is 6.54 Å². The fraction of sp³-hybridized carbons (Fsp3) is 0.273. The summed E-state index contributed by atoms with van der Waals surface area (Å²) in [4.78, 5) is 16.7. The van der Waals surface area contributed by atoms with Crippen LogP contribution in [0.1, 0.15) is 25.3 Å². The molecule has 0 atom stereocenters. The molecule has 7 heteroatoms. The molecule has 2 N–H and O–H groups in total. The molecular formula is C22H25N3O4. The quantitative estimate of drug-likeness (QED) is 0.574. The smallest absolute Gasteiger partial charge is 0.319 e. The number of aryl methyl sites for hydroxylation is 1. The van der Waals surface area contributed by atoms with Gasteiger partial charge in [-0.2, -0.15) is 0 Å². The van der Waals surface area contributed by atoms with Crippen LogP contribution in [0.3, 0.4) is 0 Å². The lowest BCUT2D eigenvalue weighted by Gasteiger charge is -2.08. The van der Waals surface area contributed by atoms with E-state index in [-0.39, 0.29) is 12.6 Å². The number of carbonyl (C=O) groups excluding carboxylic acids is 1. The van der Waals surface area contributed by atoms with Gasteiger partial charge in [-0.15, -0.1) is 0 Å². The fourth-order valence-corrected chi connectivity index (χ4v) is 2.72. The van der Waals surface area contributed by atoms with Gasteiger partial charge in [0.05, 0.1) is 19.8 Å². The van der Waals surface area contributed by atoms with Gasteiger partial charge in [0.25, 0.3) is 0 Å². The molecule has 1 aromatic heterocycles. The molecule has 0 aliphatic rings. The van der Waals surface area contributed by atoms with Gasteiger partial charge in [-0.05, 0) is 69.3 Å². The Morgan fingerprint density at radius 3 is 2.14 bits per heavy atom. The zero-order chi connectivity index (χ0) is 20.6. The number of carbonyl (C=O) groups is 1. The number of urea groups is 1. The van der Waals surface area contributed by atoms with Crippen molar-refractivity contribution in [2.24, 2.45) is 0 Å². The third-order valence-electron chi connectivity index (χ3n) is 4.14. The highest BCUT2D eigenvalue weighted by Gasteiger charge is 2.13. The molecule has 2 aromatic carbocycles. The molecule has 0 aliphatic carbocycles. The Bertz CT molecular complexity index is 934. The number of ether oxygens (including phenoxy) is 2. The van der Waals surface area contributed by atoms with Crippen LogP contribution >= 0.6 is 0 Å². The number of nitrogens with one attached hydrogen (secondary N) is 2. The van der Waals surface area contributed by atoms with Crippen LogP contribution in [0.5, 0.6) is 11.5 Å². The van der Waals surface area contributed by atoms with Crippen molar-refractivity contribution >= 4 is 11.7 Å². The van der Waals surface area contributed by atoms with E-state index in [2.05, 4.69) is 15.6 Å². The highest BCUT2D eigenvalue weighted by molar-refractivity contribution is 5.89. The predicted octanol–water partition coefficient (Wildman–Crippen LogP) is 4.77. The minimum absolute atomic E-state index is 0.259. The monoisotopic (exact) mass is 395 g/mol. The molecular weight excluding hydrogens is 370 g/mol. The Hall–Kier alpha value is -3.48. The first-order valence-electron chi connectivity index (χ1n) is 9.56. The Balaban J connectivity index is 1.57. The van der Waals surface area contributed by atoms with Gasteiger partial charge >= 0.3 is 6.03 Å². The molecule has 1 heterocycles. The zero-order valence-electron chi connectivity index (χ0n) is 16.8. The van der Waals surface area contributed by atoms with Crippen molar-refractivity contribution in [1.82, 2.24) is 10.3 Å². The number of oxazole rings is 1. The molecule has 0 fully saturated rings. The van der Waals surface area contributed by atoms with Crippen molar-refractivity contribution in [1.29, 1.82) is 0 Å². The number of amides is 2. The molecule has 0 spiro atoms. The average Bonchev–Trinajstić information content (AvgIpc) is 3.09. The summed E-state index contributed by atoms with van der Waals surface area (Å²) in [6.07, 6.45) is 0. The molecule has 0 radical (unpaired) electrons. The van der Waals surface area contributed by atoms with Crippen molar-refractivity contribution in [3.8, 4) is 23.0 Å². The SMILES string of the molecule is CCOc1ccc(NC(=O)NCc2nc(-c3ccc(OCC)cc3)oc2C)cc1. The summed E-state index contributed by atoms with van der Waals surface area (Å²) in [7, 11) is 0. The van der Waals surface area contributed by atoms with E-state index in [1.54, 1.807) is 12.1 Å². The average molecular weight is 395 g/mol. The van der Waals surface area contributed by atoms with E-state index >= 15 is 0 Å². The van der Waals surface area contributed by atoms with Gasteiger partial charge < -0.3 is 24.5 Å². The lowest BCUT2D eigenvalue weighted by Crippen LogP contribution is -2.28. The minimum atomic E-state index is -0.320. The second-order valence-corrected chi connectivity index (χ2v) is 6.24. The summed E-state index contributed by atoms with van der Waals surface area (Å²) in [6.45, 7) is 7.17. The van der Waals surface area contributed by atoms with Crippen LogP contribution in [-0.4, -0.2) is 24.2 Å². The van der Waals surface area contributed by atoms with E-state index < -0.39 is 0 Å². The van der Waals surface area contributed by atoms with Gasteiger partial charge in [-0.25, -0.2) is 9.78 Å². The third-order valence-corrected chi connectivity index (χ3v) is 4.14. The number of anilines is 1. The van der Waals surface area contributed by atoms with Crippen LogP contribution in [0.2, 0.25) is 0 Å². The standard InChI is InChI=1S/C22H25N3O4/c1-4-27-18-10-6-16(7-11-18)21-25-20(15(3)29-21)14-23-22(26)24-17-8-12-19(13-9-17)28-5-2/h6-13H,4-5,14H2,1-3H3,(H2,23,24,26). The van der Waals surface area contributed by atoms with E-state index in [9.17, 15) is 4.79 Å². The maximum Gasteiger partial charge on any atom is 0.319 e. The largest absolute Gasteiger partial charge is 0.494 e. The summed E-state index contributed by atoms with van der Waals surface area (Å²) in [6, 6.07) is 14.4. The number of aromatic nitrogens is 1. The van der Waals surface area contributed by atoms with Crippen molar-refractivity contribution in [2.75, 3.05) is 18.5 Å². The van der Waals surface area contributed by atoms with E-state index in [1.165, 1.54) is 0 Å². The number of rotatable bonds is 8. The molecule has 29 heavy (non-hydrogen) atoms. The molecule has 0 saturated heterocycles. The maximum absolute atomic E-state index is 12.2. The fourth-order valence-electron chi connectivity index (χ4n) is 2.72. The molecule has 0 saturated carbocycles. The summed E-state index contributed by atoms with van der Waals surface area (Å²) in [5, 5.41) is 5.57. The van der Waals surface area contributed by atoms with E-state index in [0.717, 1.165) is 17.1 Å². The highest BCUT2D eigenvalue weighted by atomic mass is 16.5. The molecule has 2 amide bonds. The van der Waals surface area contributed by atoms with Crippen LogP contribution in [0, 0.1) is 6.92 Å². The normalized spacial score (nSPS) is 10.4. The molecule has 0 unspecified atom stereocenters. The van der Waals surface area contributed by atoms with E-state index in [0.29, 0.717) is 36.2 Å². The lowest BCUT2D eigenvalue weighted by atomic mass is 10.2. The molecule has 3 rings (SSSR count). The Morgan fingerprint density at radius 1 is 0.966 bits per heavy atom. The van der Waals surface area contributed by atoms with Gasteiger partial charge in [0.15, 0.2) is 0 Å². The van der Waals surface area contributed by atoms with Crippen LogP contribution in [0.15, 0.2) is 52.9 Å². The van der Waals surface area contributed by atoms with Crippen LogP contribution < -0.4 is 20.1 Å². The van der Waals surface area contributed by atoms with Gasteiger partial charge in [0, 0.05) is 11.3 Å². The van der Waals surface area contributed by atoms with Gasteiger partial charge in [-0.1, -0.05) is 0 Å². The summed E-state index contributed by atoms with van der Waals surface area (Å²) >= 11 is 0. The molecule has 152 valence electrons. The van der Waals surface area contributed by atoms with Crippen LogP contribution in [0.25, 0.3) is 11.5 Å². The third kappa shape index (κ3) is 5.51. The Kier molecular flexibility index (Phi) is 6.73. The topological polar surface area (TPSA) is 85.6 Å². The number of hydrogen-bond donors (Lipinski definition) is 2. The summed E-state index contributed by atoms with van der Waals surface area (Å²) in [5.74, 6) is 2.73. The van der Waals surface area contributed by atoms with Gasteiger partial charge in [-0.3, -0.25) is 0 Å². The Labute approximate surface area is 170 Å². The van der Waals surface area contributed by atoms with E-state index in [4.69, 9.17) is 13.9 Å². The Morgan fingerprint density at radius 2 is 1.55 bits per heavy atom. The molecule has 3 aromatic rings. The number of benzene rings is 2. The number of hydrogen-bond acceptors (Lipinski definition) is 5. The molecule has 0 bridgehead atoms. The van der Waals surface area contributed by atoms with Crippen molar-refractivity contribution in [3.05, 3.63) is 60.0 Å². The highest BCUT2D eigenvalue weighted by Crippen LogP contribution is 2.24. The first kappa shape index (κ1) is 20.3. The first-order valence-corrected chi connectivity index (χ1v) is 9.56. The summed E-state index contributed by atoms with van der Waals surface area (Å²) < 4.78 is 16.6. The van der Waals surface area contributed by atoms with Crippen molar-refractivity contribution < 1.29 is 18.7 Å². The predicted molar refractivity (Wildman–Crippen MR) is 111 cm³/mol. The lowest BCUT2D eigenvalue weighted by molar-refractivity contribution is 0.251. The minimum Gasteiger partial charge on any atom is -0.494 e. The zero-order valence-corrected chi connectivity index (χ0v) is 16.8. The molecule has 7 nitrogen and oxygen atoms in total. The second kappa shape index (κ2) is 9.64. The number of nitrogens with zero attached hydrogens (tertiary/aromatic N) is 1. The summed E-state index contributed by atoms with van der Waals surface area (Å²) in [5.41, 5.74) is 2.20. The van der Waals surface area contributed by atoms with E-state index in [1.807, 2.05) is 57.2 Å².